The van der Waals surface area contributed by atoms with Gasteiger partial charge in [-0.3, -0.25) is 0 Å². The molecule has 15 heavy (non-hydrogen) atoms. The first-order chi connectivity index (χ1) is 6.61. The summed E-state index contributed by atoms with van der Waals surface area (Å²) in [5.74, 6) is -1.12. The number of benzene rings is 1. The zero-order chi connectivity index (χ0) is 10.6. The Bertz CT molecular complexity index is 341. The largest absolute Gasteiger partial charge is 0.549 e. The van der Waals surface area contributed by atoms with Crippen LogP contribution < -0.4 is 5.30 Å². The Labute approximate surface area is 122 Å². The summed E-state index contributed by atoms with van der Waals surface area (Å²) >= 11 is 0. The predicted octanol–water partition coefficient (Wildman–Crippen LogP) is 1.54. The first kappa shape index (κ1) is 15.1. The molecule has 0 amide bonds. The van der Waals surface area contributed by atoms with E-state index in [4.69, 9.17) is 9.63 Å². The number of carboxylic acid groups (broad SMARTS) is 1. The monoisotopic (exact) mass is 353 g/mol. The van der Waals surface area contributed by atoms with Gasteiger partial charge in [0.2, 0.25) is 11.4 Å². The Morgan fingerprint density at radius 3 is 2.40 bits per heavy atom. The van der Waals surface area contributed by atoms with Crippen LogP contribution in [0, 0.1) is 41.7 Å². The summed E-state index contributed by atoms with van der Waals surface area (Å²) in [7, 11) is -2.08. The van der Waals surface area contributed by atoms with E-state index in [1.54, 1.807) is 30.3 Å². The van der Waals surface area contributed by atoms with Crippen molar-refractivity contribution in [3.8, 4) is 0 Å². The number of rotatable bonds is 4. The fraction of sp³-hybridized carbons (Fsp3) is 0.222. The van der Waals surface area contributed by atoms with Crippen molar-refractivity contribution in [3.05, 3.63) is 30.3 Å². The molecule has 78 valence electrons. The number of hydrogen-bond donors (Lipinski definition) is 1. The maximum Gasteiger partial charge on any atom is 0.549 e. The first-order valence-corrected chi connectivity index (χ1v) is 5.21. The summed E-state index contributed by atoms with van der Waals surface area (Å²) in [4.78, 5) is 10.4. The third kappa shape index (κ3) is 5.13. The Balaban J connectivity index is 0.00000196. The van der Waals surface area contributed by atoms with Crippen LogP contribution >= 0.6 is 8.03 Å². The van der Waals surface area contributed by atoms with Crippen LogP contribution in [0.1, 0.15) is 6.92 Å². The molecule has 1 aromatic carbocycles. The maximum absolute atomic E-state index is 11.4. The number of carboxylic acids is 1. The molecule has 0 aliphatic rings. The van der Waals surface area contributed by atoms with E-state index in [2.05, 4.69) is 0 Å². The predicted molar refractivity (Wildman–Crippen MR) is 51.9 cm³/mol. The van der Waals surface area contributed by atoms with Crippen molar-refractivity contribution in [2.24, 2.45) is 0 Å². The molecule has 0 saturated heterocycles. The minimum atomic E-state index is -2.08. The molecular formula is C9H10CeO4P+. The third-order valence-corrected chi connectivity index (χ3v) is 2.80. The van der Waals surface area contributed by atoms with Crippen molar-refractivity contribution in [2.75, 3.05) is 0 Å². The van der Waals surface area contributed by atoms with E-state index < -0.39 is 20.1 Å². The second-order valence-corrected chi connectivity index (χ2v) is 3.92. The Morgan fingerprint density at radius 1 is 1.40 bits per heavy atom. The third-order valence-electron chi connectivity index (χ3n) is 1.57. The summed E-state index contributed by atoms with van der Waals surface area (Å²) in [6, 6.07) is 8.49. The molecule has 0 saturated carbocycles. The van der Waals surface area contributed by atoms with Crippen molar-refractivity contribution >= 4 is 19.3 Å². The molecular weight excluding hydrogens is 343 g/mol. The minimum Gasteiger partial charge on any atom is -0.479 e. The van der Waals surface area contributed by atoms with Crippen LogP contribution in [0.2, 0.25) is 0 Å². The van der Waals surface area contributed by atoms with Gasteiger partial charge in [-0.25, -0.2) is 4.79 Å². The second-order valence-electron chi connectivity index (χ2n) is 2.68. The summed E-state index contributed by atoms with van der Waals surface area (Å²) in [5, 5.41) is 9.02. The van der Waals surface area contributed by atoms with E-state index in [0.29, 0.717) is 5.30 Å². The molecule has 0 fully saturated rings. The molecule has 1 N–H and O–H groups in total. The van der Waals surface area contributed by atoms with Gasteiger partial charge in [-0.1, -0.05) is 18.2 Å². The van der Waals surface area contributed by atoms with Gasteiger partial charge in [-0.15, -0.1) is 4.52 Å². The van der Waals surface area contributed by atoms with Crippen molar-refractivity contribution in [1.82, 2.24) is 0 Å². The molecule has 0 spiro atoms. The Hall–Kier alpha value is 0.127. The smallest absolute Gasteiger partial charge is 0.479 e. The first-order valence-electron chi connectivity index (χ1n) is 4.03. The van der Waals surface area contributed by atoms with Gasteiger partial charge < -0.3 is 5.11 Å². The van der Waals surface area contributed by atoms with Gasteiger partial charge in [0, 0.05) is 41.7 Å². The van der Waals surface area contributed by atoms with Crippen molar-refractivity contribution in [1.29, 1.82) is 0 Å². The summed E-state index contributed by atoms with van der Waals surface area (Å²) in [6.07, 6.45) is -1.06. The maximum atomic E-state index is 11.4. The molecule has 0 radical (unpaired) electrons. The summed E-state index contributed by atoms with van der Waals surface area (Å²) in [6.45, 7) is 1.35. The molecule has 0 heterocycles. The van der Waals surface area contributed by atoms with Gasteiger partial charge in [0.15, 0.2) is 0 Å². The van der Waals surface area contributed by atoms with Gasteiger partial charge >= 0.3 is 14.0 Å². The van der Waals surface area contributed by atoms with Crippen molar-refractivity contribution in [3.63, 3.8) is 0 Å². The normalized spacial score (nSPS) is 12.5. The van der Waals surface area contributed by atoms with E-state index in [9.17, 15) is 9.36 Å². The Kier molecular flexibility index (Phi) is 7.47. The van der Waals surface area contributed by atoms with E-state index in [-0.39, 0.29) is 41.7 Å². The van der Waals surface area contributed by atoms with Gasteiger partial charge in [0.05, 0.1) is 0 Å². The van der Waals surface area contributed by atoms with E-state index in [0.717, 1.165) is 0 Å². The van der Waals surface area contributed by atoms with Gasteiger partial charge in [-0.05, 0) is 23.6 Å². The molecule has 0 bridgehead atoms. The van der Waals surface area contributed by atoms with E-state index in [1.807, 2.05) is 0 Å². The quantitative estimate of drug-likeness (QED) is 0.835. The molecule has 1 rings (SSSR count). The summed E-state index contributed by atoms with van der Waals surface area (Å²) < 4.78 is 16.2. The molecule has 0 aromatic heterocycles. The van der Waals surface area contributed by atoms with Crippen LogP contribution in [0.25, 0.3) is 0 Å². The molecule has 4 nitrogen and oxygen atoms in total. The standard InChI is InChI=1S/C9H9O4P.Ce/c1-7(9(10)11)13-14(12)8-5-3-2-4-6-8;/h2-7H,1H3;/p+1. The molecule has 2 atom stereocenters. The number of aliphatic carboxylic acids is 1. The number of hydrogen-bond acceptors (Lipinski definition) is 3. The second kappa shape index (κ2) is 7.41. The average Bonchev–Trinajstić information content (AvgIpc) is 2.19. The molecule has 0 aliphatic carbocycles. The zero-order valence-corrected chi connectivity index (χ0v) is 12.1. The number of carbonyl (C=O) groups is 1. The van der Waals surface area contributed by atoms with Crippen molar-refractivity contribution < 1.29 is 60.7 Å². The van der Waals surface area contributed by atoms with Crippen LogP contribution in [0.4, 0.5) is 0 Å². The van der Waals surface area contributed by atoms with Gasteiger partial charge in [-0.2, -0.15) is 0 Å². The van der Waals surface area contributed by atoms with Crippen LogP contribution in [0.3, 0.4) is 0 Å². The average molecular weight is 353 g/mol. The molecule has 0 aliphatic heterocycles. The van der Waals surface area contributed by atoms with Gasteiger partial charge in [0.1, 0.15) is 0 Å². The molecule has 2 unspecified atom stereocenters. The van der Waals surface area contributed by atoms with E-state index >= 15 is 0 Å². The summed E-state index contributed by atoms with van der Waals surface area (Å²) in [5.41, 5.74) is 0. The Morgan fingerprint density at radius 2 is 1.93 bits per heavy atom. The van der Waals surface area contributed by atoms with Gasteiger partial charge in [0.25, 0.3) is 0 Å². The van der Waals surface area contributed by atoms with Crippen molar-refractivity contribution in [2.45, 2.75) is 13.0 Å². The van der Waals surface area contributed by atoms with E-state index in [1.165, 1.54) is 6.92 Å². The topological polar surface area (TPSA) is 63.6 Å². The SMILES string of the molecule is CC(O[P+](=O)c1ccccc1)C(=O)O.[Ce]. The molecule has 1 aromatic rings. The van der Waals surface area contributed by atoms with Crippen LogP contribution in [-0.4, -0.2) is 17.2 Å². The fourth-order valence-corrected chi connectivity index (χ4v) is 1.71. The fourth-order valence-electron chi connectivity index (χ4n) is 0.799. The zero-order valence-electron chi connectivity index (χ0n) is 8.08. The van der Waals surface area contributed by atoms with Crippen LogP contribution in [0.15, 0.2) is 30.3 Å². The van der Waals surface area contributed by atoms with Crippen LogP contribution in [-0.2, 0) is 13.9 Å². The van der Waals surface area contributed by atoms with Crippen LogP contribution in [0.5, 0.6) is 0 Å². The molecule has 6 heteroatoms. The minimum absolute atomic E-state index is 0.